The highest BCUT2D eigenvalue weighted by atomic mass is 32.2. The normalized spacial score (nSPS) is 43.3. The number of piperidine rings is 1. The van der Waals surface area contributed by atoms with Crippen molar-refractivity contribution in [3.63, 3.8) is 0 Å². The van der Waals surface area contributed by atoms with Crippen LogP contribution in [-0.2, 0) is 19.1 Å². The van der Waals surface area contributed by atoms with Crippen LogP contribution in [0.1, 0.15) is 52.4 Å². The minimum Gasteiger partial charge on any atom is -0.380 e. The van der Waals surface area contributed by atoms with E-state index in [2.05, 4.69) is 16.4 Å². The lowest BCUT2D eigenvalue weighted by Gasteiger charge is -2.59. The molecule has 4 rings (SSSR count). The van der Waals surface area contributed by atoms with Crippen LogP contribution >= 0.6 is 0 Å². The van der Waals surface area contributed by atoms with Gasteiger partial charge in [-0.15, -0.1) is 0 Å². The van der Waals surface area contributed by atoms with E-state index < -0.39 is 21.0 Å². The fourth-order valence-electron chi connectivity index (χ4n) is 6.61. The van der Waals surface area contributed by atoms with E-state index >= 15 is 0 Å². The molecule has 0 radical (unpaired) electrons. The number of halogens is 3. The maximum Gasteiger partial charge on any atom is 0.534 e. The molecule has 1 saturated heterocycles. The monoisotopic (exact) mass is 421 g/mol. The summed E-state index contributed by atoms with van der Waals surface area (Å²) in [4.78, 5) is 12.1. The zero-order valence-electron chi connectivity index (χ0n) is 16.0. The minimum absolute atomic E-state index is 0.0486. The molecule has 1 amide bonds. The number of alkyl halides is 3. The molecule has 1 N–H and O–H groups in total. The summed E-state index contributed by atoms with van der Waals surface area (Å²) in [5, 5.41) is 2.96. The standard InChI is InChI=1S/C19H26F3NO4S/c1-17-8-7-14-12(4-3-11-10-23-16(24)9-18(11,14)2)13(17)5-6-15(17)27-28(25,26)19(20,21)22/h6,11-14H,3-5,7-10H2,1-2H3,(H,23,24). The Labute approximate surface area is 163 Å². The van der Waals surface area contributed by atoms with Crippen LogP contribution in [0.5, 0.6) is 0 Å². The molecule has 3 fully saturated rings. The van der Waals surface area contributed by atoms with Crippen LogP contribution in [0.3, 0.4) is 0 Å². The molecule has 1 aliphatic heterocycles. The number of hydrogen-bond donors (Lipinski definition) is 1. The Bertz CT molecular complexity index is 824. The van der Waals surface area contributed by atoms with E-state index in [-0.39, 0.29) is 28.9 Å². The van der Waals surface area contributed by atoms with Gasteiger partial charge in [-0.1, -0.05) is 13.8 Å². The molecule has 0 spiro atoms. The Morgan fingerprint density at radius 2 is 1.89 bits per heavy atom. The third kappa shape index (κ3) is 2.79. The molecule has 0 aromatic carbocycles. The first-order valence-corrected chi connectivity index (χ1v) is 11.3. The fourth-order valence-corrected chi connectivity index (χ4v) is 7.20. The molecule has 6 atom stereocenters. The summed E-state index contributed by atoms with van der Waals surface area (Å²) in [7, 11) is -5.66. The first kappa shape index (κ1) is 20.0. The average Bonchev–Trinajstić information content (AvgIpc) is 2.89. The van der Waals surface area contributed by atoms with Gasteiger partial charge < -0.3 is 9.50 Å². The molecule has 3 aliphatic carbocycles. The molecule has 1 heterocycles. The minimum atomic E-state index is -5.66. The van der Waals surface area contributed by atoms with Crippen LogP contribution in [0.15, 0.2) is 11.8 Å². The zero-order valence-corrected chi connectivity index (χ0v) is 16.8. The first-order chi connectivity index (χ1) is 12.9. The second kappa shape index (κ2) is 6.12. The number of amides is 1. The van der Waals surface area contributed by atoms with Crippen molar-refractivity contribution in [2.75, 3.05) is 6.54 Å². The largest absolute Gasteiger partial charge is 0.534 e. The summed E-state index contributed by atoms with van der Waals surface area (Å²) < 4.78 is 66.1. The third-order valence-corrected chi connectivity index (χ3v) is 9.11. The highest BCUT2D eigenvalue weighted by Crippen LogP contribution is 2.65. The van der Waals surface area contributed by atoms with E-state index in [4.69, 9.17) is 0 Å². The van der Waals surface area contributed by atoms with Gasteiger partial charge in [-0.2, -0.15) is 21.6 Å². The van der Waals surface area contributed by atoms with Crippen LogP contribution in [0.4, 0.5) is 13.2 Å². The second-order valence-electron chi connectivity index (χ2n) is 9.38. The van der Waals surface area contributed by atoms with Crippen molar-refractivity contribution in [2.24, 2.45) is 34.5 Å². The summed E-state index contributed by atoms with van der Waals surface area (Å²) in [5.74, 6) is 1.07. The molecule has 6 unspecified atom stereocenters. The molecule has 0 aromatic rings. The molecule has 5 nitrogen and oxygen atoms in total. The predicted molar refractivity (Wildman–Crippen MR) is 95.0 cm³/mol. The van der Waals surface area contributed by atoms with Crippen molar-refractivity contribution < 1.29 is 30.6 Å². The highest BCUT2D eigenvalue weighted by Gasteiger charge is 2.61. The van der Waals surface area contributed by atoms with Gasteiger partial charge in [0.2, 0.25) is 5.91 Å². The van der Waals surface area contributed by atoms with Gasteiger partial charge >= 0.3 is 15.6 Å². The number of hydrogen-bond acceptors (Lipinski definition) is 4. The van der Waals surface area contributed by atoms with Crippen molar-refractivity contribution in [3.8, 4) is 0 Å². The number of allylic oxidation sites excluding steroid dienone is 2. The van der Waals surface area contributed by atoms with E-state index in [1.807, 2.05) is 6.92 Å². The number of carbonyl (C=O) groups is 1. The quantitative estimate of drug-likeness (QED) is 0.545. The van der Waals surface area contributed by atoms with Crippen LogP contribution in [0.25, 0.3) is 0 Å². The molecular formula is C19H26F3NO4S. The molecule has 4 aliphatic rings. The van der Waals surface area contributed by atoms with Gasteiger partial charge in [0.25, 0.3) is 0 Å². The summed E-state index contributed by atoms with van der Waals surface area (Å²) >= 11 is 0. The van der Waals surface area contributed by atoms with Crippen LogP contribution in [0.2, 0.25) is 0 Å². The third-order valence-electron chi connectivity index (χ3n) is 8.14. The summed E-state index contributed by atoms with van der Waals surface area (Å²) in [6, 6.07) is 0. The smallest absolute Gasteiger partial charge is 0.380 e. The van der Waals surface area contributed by atoms with E-state index in [1.165, 1.54) is 0 Å². The molecule has 0 aromatic heterocycles. The SMILES string of the molecule is CC12CCC3C(CCC4CNC(=O)CC43C)C1CC=C2OS(=O)(=O)C(F)(F)F. The van der Waals surface area contributed by atoms with Gasteiger partial charge in [0.05, 0.1) is 0 Å². The van der Waals surface area contributed by atoms with Gasteiger partial charge in [0.1, 0.15) is 5.76 Å². The maximum absolute atomic E-state index is 12.8. The Balaban J connectivity index is 1.59. The topological polar surface area (TPSA) is 72.5 Å². The lowest BCUT2D eigenvalue weighted by molar-refractivity contribution is -0.141. The van der Waals surface area contributed by atoms with Crippen molar-refractivity contribution in [3.05, 3.63) is 11.8 Å². The lowest BCUT2D eigenvalue weighted by Crippen LogP contribution is -2.57. The Hall–Kier alpha value is -1.25. The van der Waals surface area contributed by atoms with Gasteiger partial charge in [0, 0.05) is 18.4 Å². The fraction of sp³-hybridized carbons (Fsp3) is 0.842. The Morgan fingerprint density at radius 1 is 1.18 bits per heavy atom. The summed E-state index contributed by atoms with van der Waals surface area (Å²) in [5.41, 5.74) is -6.24. The molecule has 28 heavy (non-hydrogen) atoms. The molecule has 158 valence electrons. The Kier molecular flexibility index (Phi) is 4.38. The lowest BCUT2D eigenvalue weighted by atomic mass is 9.46. The van der Waals surface area contributed by atoms with Crippen molar-refractivity contribution >= 4 is 16.0 Å². The van der Waals surface area contributed by atoms with Crippen LogP contribution in [-0.4, -0.2) is 26.4 Å². The number of nitrogens with one attached hydrogen (secondary N) is 1. The van der Waals surface area contributed by atoms with Crippen LogP contribution < -0.4 is 5.32 Å². The number of rotatable bonds is 2. The number of carbonyl (C=O) groups excluding carboxylic acids is 1. The van der Waals surface area contributed by atoms with E-state index in [9.17, 15) is 26.4 Å². The van der Waals surface area contributed by atoms with E-state index in [1.54, 1.807) is 6.08 Å². The van der Waals surface area contributed by atoms with Gasteiger partial charge in [-0.25, -0.2) is 0 Å². The average molecular weight is 421 g/mol. The van der Waals surface area contributed by atoms with Crippen LogP contribution in [0, 0.1) is 34.5 Å². The van der Waals surface area contributed by atoms with Crippen molar-refractivity contribution in [1.82, 2.24) is 5.32 Å². The van der Waals surface area contributed by atoms with Gasteiger partial charge in [0.15, 0.2) is 0 Å². The zero-order chi connectivity index (χ0) is 20.5. The highest BCUT2D eigenvalue weighted by molar-refractivity contribution is 7.87. The second-order valence-corrected chi connectivity index (χ2v) is 10.9. The van der Waals surface area contributed by atoms with E-state index in [0.717, 1.165) is 19.3 Å². The van der Waals surface area contributed by atoms with Crippen molar-refractivity contribution in [1.29, 1.82) is 0 Å². The Morgan fingerprint density at radius 3 is 2.57 bits per heavy atom. The summed E-state index contributed by atoms with van der Waals surface area (Å²) in [6.45, 7) is 4.71. The molecule has 2 saturated carbocycles. The van der Waals surface area contributed by atoms with Gasteiger partial charge in [-0.05, 0) is 67.3 Å². The molecule has 9 heteroatoms. The molecular weight excluding hydrogens is 395 g/mol. The first-order valence-electron chi connectivity index (χ1n) is 9.86. The summed E-state index contributed by atoms with van der Waals surface area (Å²) in [6.07, 6.45) is 5.82. The van der Waals surface area contributed by atoms with Gasteiger partial charge in [-0.3, -0.25) is 4.79 Å². The molecule has 0 bridgehead atoms. The maximum atomic E-state index is 12.8. The van der Waals surface area contributed by atoms with E-state index in [0.29, 0.717) is 37.6 Å². The van der Waals surface area contributed by atoms with Crippen molar-refractivity contribution in [2.45, 2.75) is 57.9 Å². The number of fused-ring (bicyclic) bond motifs is 5. The predicted octanol–water partition coefficient (Wildman–Crippen LogP) is 3.73.